The fourth-order valence-electron chi connectivity index (χ4n) is 9.85. The summed E-state index contributed by atoms with van der Waals surface area (Å²) in [6, 6.07) is 6.60. The molecule has 2 bridgehead atoms. The second-order valence-corrected chi connectivity index (χ2v) is 13.0. The van der Waals surface area contributed by atoms with Gasteiger partial charge in [-0.3, -0.25) is 14.4 Å². The lowest BCUT2D eigenvalue weighted by molar-refractivity contribution is -0.194. The Balaban J connectivity index is 1.50. The highest BCUT2D eigenvalue weighted by Crippen LogP contribution is 2.74. The lowest BCUT2D eigenvalue weighted by Crippen LogP contribution is -2.65. The Hall–Kier alpha value is -2.63. The van der Waals surface area contributed by atoms with Gasteiger partial charge in [-0.25, -0.2) is 4.90 Å². The molecular formula is C30H37NO5. The van der Waals surface area contributed by atoms with Crippen LogP contribution in [0.25, 0.3) is 0 Å². The van der Waals surface area contributed by atoms with Crippen molar-refractivity contribution in [3.05, 3.63) is 35.9 Å². The normalized spacial score (nSPS) is 43.2. The molecule has 7 rings (SSSR count). The highest BCUT2D eigenvalue weighted by atomic mass is 16.4. The average molecular weight is 492 g/mol. The molecule has 0 aromatic heterocycles. The first-order valence-electron chi connectivity index (χ1n) is 13.6. The molecule has 5 aliphatic carbocycles. The van der Waals surface area contributed by atoms with Crippen LogP contribution >= 0.6 is 0 Å². The SMILES string of the molecule is CC(C)C1=C[C@]23CC[C@@H]4[C@](C)(CCC[C@@]4(C)C(=O)O)[C@@H]2C[C@H]1[C@H]1C(=O)N(c2ccccc2O)C(=O)[C@H]13. The number of benzene rings is 1. The van der Waals surface area contributed by atoms with E-state index in [4.69, 9.17) is 0 Å². The molecule has 2 N–H and O–H groups in total. The summed E-state index contributed by atoms with van der Waals surface area (Å²) < 4.78 is 0. The van der Waals surface area contributed by atoms with Gasteiger partial charge in [0.25, 0.3) is 0 Å². The molecule has 6 heteroatoms. The number of amides is 2. The van der Waals surface area contributed by atoms with Gasteiger partial charge in [-0.05, 0) is 80.2 Å². The Labute approximate surface area is 212 Å². The maximum Gasteiger partial charge on any atom is 0.309 e. The van der Waals surface area contributed by atoms with Crippen LogP contribution < -0.4 is 4.90 Å². The van der Waals surface area contributed by atoms with E-state index in [0.29, 0.717) is 6.42 Å². The van der Waals surface area contributed by atoms with Gasteiger partial charge in [0.05, 0.1) is 22.9 Å². The number of phenolic OH excluding ortho intramolecular Hbond substituents is 1. The Kier molecular flexibility index (Phi) is 4.92. The summed E-state index contributed by atoms with van der Waals surface area (Å²) >= 11 is 0. The van der Waals surface area contributed by atoms with E-state index >= 15 is 0 Å². The number of phenols is 1. The van der Waals surface area contributed by atoms with Gasteiger partial charge in [-0.2, -0.15) is 0 Å². The number of aliphatic carboxylic acids is 1. The Morgan fingerprint density at radius 3 is 2.44 bits per heavy atom. The van der Waals surface area contributed by atoms with Crippen molar-refractivity contribution < 1.29 is 24.6 Å². The Morgan fingerprint density at radius 1 is 1.06 bits per heavy atom. The molecule has 1 spiro atoms. The number of aromatic hydroxyl groups is 1. The number of carbonyl (C=O) groups is 3. The third-order valence-corrected chi connectivity index (χ3v) is 11.3. The van der Waals surface area contributed by atoms with E-state index in [9.17, 15) is 24.6 Å². The summed E-state index contributed by atoms with van der Waals surface area (Å²) in [6.07, 6.45) is 7.24. The molecule has 4 fully saturated rings. The minimum Gasteiger partial charge on any atom is -0.506 e. The van der Waals surface area contributed by atoms with E-state index in [1.165, 1.54) is 16.5 Å². The highest BCUT2D eigenvalue weighted by molar-refractivity contribution is 6.23. The number of carbonyl (C=O) groups excluding carboxylic acids is 2. The van der Waals surface area contributed by atoms with Crippen LogP contribution in [0.5, 0.6) is 5.75 Å². The number of carboxylic acids is 1. The van der Waals surface area contributed by atoms with Gasteiger partial charge in [0.1, 0.15) is 5.75 Å². The molecular weight excluding hydrogens is 454 g/mol. The maximum absolute atomic E-state index is 14.2. The van der Waals surface area contributed by atoms with Gasteiger partial charge >= 0.3 is 5.97 Å². The molecule has 36 heavy (non-hydrogen) atoms. The second kappa shape index (κ2) is 7.45. The summed E-state index contributed by atoms with van der Waals surface area (Å²) in [7, 11) is 0. The van der Waals surface area contributed by atoms with Crippen LogP contribution in [0.2, 0.25) is 0 Å². The molecule has 2 amide bonds. The third-order valence-electron chi connectivity index (χ3n) is 11.3. The zero-order valence-corrected chi connectivity index (χ0v) is 21.7. The molecule has 6 aliphatic rings. The topological polar surface area (TPSA) is 94.9 Å². The number of nitrogens with zero attached hydrogens (tertiary/aromatic N) is 1. The van der Waals surface area contributed by atoms with Crippen LogP contribution in [0.3, 0.4) is 0 Å². The molecule has 3 saturated carbocycles. The second-order valence-electron chi connectivity index (χ2n) is 13.0. The molecule has 0 unspecified atom stereocenters. The Bertz CT molecular complexity index is 1200. The zero-order chi connectivity index (χ0) is 25.8. The van der Waals surface area contributed by atoms with Crippen LogP contribution in [0.15, 0.2) is 35.9 Å². The Morgan fingerprint density at radius 2 is 1.78 bits per heavy atom. The van der Waals surface area contributed by atoms with E-state index in [1.54, 1.807) is 18.2 Å². The summed E-state index contributed by atoms with van der Waals surface area (Å²) in [5.41, 5.74) is 0.153. The van der Waals surface area contributed by atoms with Crippen LogP contribution in [0.4, 0.5) is 5.69 Å². The van der Waals surface area contributed by atoms with Crippen molar-refractivity contribution >= 4 is 23.5 Å². The lowest BCUT2D eigenvalue weighted by atomic mass is 9.34. The number of carboxylic acid groups (broad SMARTS) is 1. The molecule has 1 heterocycles. The smallest absolute Gasteiger partial charge is 0.309 e. The van der Waals surface area contributed by atoms with Gasteiger partial charge in [-0.1, -0.05) is 51.0 Å². The van der Waals surface area contributed by atoms with Gasteiger partial charge in [0, 0.05) is 5.41 Å². The molecule has 1 saturated heterocycles. The first-order valence-corrected chi connectivity index (χ1v) is 13.6. The lowest BCUT2D eigenvalue weighted by Gasteiger charge is -2.68. The standard InChI is InChI=1S/C30H37NO5/c1-16(2)18-15-30-13-10-21-28(3,11-7-12-29(21,4)27(35)36)22(30)14-17(18)23-24(30)26(34)31(25(23)33)19-8-5-6-9-20(19)32/h5-6,8-9,15-17,21-24,32H,7,10-14H2,1-4H3,(H,35,36)/t17-,21-,22+,23-,24+,28+,29-,30-/m1/s1. The summed E-state index contributed by atoms with van der Waals surface area (Å²) in [4.78, 5) is 41.9. The van der Waals surface area contributed by atoms with Gasteiger partial charge in [-0.15, -0.1) is 0 Å². The van der Waals surface area contributed by atoms with Crippen LogP contribution in [-0.2, 0) is 14.4 Å². The number of imide groups is 1. The zero-order valence-electron chi connectivity index (χ0n) is 21.7. The van der Waals surface area contributed by atoms with E-state index in [-0.39, 0.29) is 52.3 Å². The first-order chi connectivity index (χ1) is 17.0. The minimum absolute atomic E-state index is 0.0252. The minimum atomic E-state index is -0.757. The molecule has 8 atom stereocenters. The molecule has 1 aromatic rings. The summed E-state index contributed by atoms with van der Waals surface area (Å²) in [6.45, 7) is 8.55. The van der Waals surface area contributed by atoms with Crippen molar-refractivity contribution in [3.8, 4) is 5.75 Å². The number of allylic oxidation sites excluding steroid dienone is 2. The predicted molar refractivity (Wildman–Crippen MR) is 135 cm³/mol. The van der Waals surface area contributed by atoms with Crippen molar-refractivity contribution in [1.29, 1.82) is 0 Å². The van der Waals surface area contributed by atoms with Crippen molar-refractivity contribution in [2.75, 3.05) is 4.90 Å². The van der Waals surface area contributed by atoms with Gasteiger partial charge in [0.2, 0.25) is 11.8 Å². The monoisotopic (exact) mass is 491 g/mol. The first kappa shape index (κ1) is 23.7. The van der Waals surface area contributed by atoms with Crippen molar-refractivity contribution in [1.82, 2.24) is 0 Å². The van der Waals surface area contributed by atoms with Crippen molar-refractivity contribution in [2.24, 2.45) is 51.8 Å². The average Bonchev–Trinajstić information content (AvgIpc) is 3.10. The van der Waals surface area contributed by atoms with Crippen LogP contribution in [0.1, 0.15) is 66.2 Å². The highest BCUT2D eigenvalue weighted by Gasteiger charge is 2.73. The fourth-order valence-corrected chi connectivity index (χ4v) is 9.85. The van der Waals surface area contributed by atoms with Crippen LogP contribution in [0, 0.1) is 51.8 Å². The van der Waals surface area contributed by atoms with Crippen LogP contribution in [-0.4, -0.2) is 28.0 Å². The number of hydrogen-bond donors (Lipinski definition) is 2. The van der Waals surface area contributed by atoms with E-state index in [1.807, 2.05) is 6.92 Å². The number of rotatable bonds is 3. The molecule has 6 nitrogen and oxygen atoms in total. The van der Waals surface area contributed by atoms with E-state index in [2.05, 4.69) is 26.8 Å². The van der Waals surface area contributed by atoms with Gasteiger partial charge < -0.3 is 10.2 Å². The quantitative estimate of drug-likeness (QED) is 0.436. The third kappa shape index (κ3) is 2.71. The molecule has 1 aliphatic heterocycles. The predicted octanol–water partition coefficient (Wildman–Crippen LogP) is 5.41. The molecule has 0 radical (unpaired) electrons. The number of para-hydroxylation sites is 2. The maximum atomic E-state index is 14.2. The van der Waals surface area contributed by atoms with Crippen molar-refractivity contribution in [3.63, 3.8) is 0 Å². The molecule has 192 valence electrons. The summed E-state index contributed by atoms with van der Waals surface area (Å²) in [5, 5.41) is 20.8. The van der Waals surface area contributed by atoms with Crippen molar-refractivity contribution in [2.45, 2.75) is 66.2 Å². The van der Waals surface area contributed by atoms with Gasteiger partial charge in [0.15, 0.2) is 0 Å². The molecule has 1 aromatic carbocycles. The van der Waals surface area contributed by atoms with E-state index in [0.717, 1.165) is 32.1 Å². The van der Waals surface area contributed by atoms with E-state index < -0.39 is 28.6 Å². The fraction of sp³-hybridized carbons (Fsp3) is 0.633. The summed E-state index contributed by atoms with van der Waals surface area (Å²) in [5.74, 6) is -1.54. The largest absolute Gasteiger partial charge is 0.506 e. The number of fused-ring (bicyclic) bond motifs is 1. The number of hydrogen-bond acceptors (Lipinski definition) is 4. The number of anilines is 1.